The predicted octanol–water partition coefficient (Wildman–Crippen LogP) is 3.93. The van der Waals surface area contributed by atoms with Crippen molar-refractivity contribution in [3.63, 3.8) is 0 Å². The number of hydrogen-bond acceptors (Lipinski definition) is 2. The Bertz CT molecular complexity index is 692. The van der Waals surface area contributed by atoms with Crippen molar-refractivity contribution < 1.29 is 9.53 Å². The van der Waals surface area contributed by atoms with Gasteiger partial charge in [0.2, 0.25) is 0 Å². The molecule has 0 aromatic heterocycles. The maximum Gasteiger partial charge on any atom is 0.252 e. The molecule has 112 valence electrons. The molecule has 0 atom stereocenters. The van der Waals surface area contributed by atoms with E-state index in [-0.39, 0.29) is 5.91 Å². The van der Waals surface area contributed by atoms with Gasteiger partial charge < -0.3 is 10.1 Å². The van der Waals surface area contributed by atoms with Gasteiger partial charge in [0.25, 0.3) is 5.91 Å². The molecule has 0 aliphatic carbocycles. The zero-order chi connectivity index (χ0) is 16.2. The van der Waals surface area contributed by atoms with Crippen molar-refractivity contribution >= 4 is 5.91 Å². The molecular weight excluding hydrogens is 274 g/mol. The summed E-state index contributed by atoms with van der Waals surface area (Å²) in [6.45, 7) is 5.58. The van der Waals surface area contributed by atoms with Gasteiger partial charge in [-0.15, -0.1) is 6.42 Å². The Morgan fingerprint density at radius 1 is 1.05 bits per heavy atom. The Kier molecular flexibility index (Phi) is 4.53. The number of rotatable bonds is 4. The summed E-state index contributed by atoms with van der Waals surface area (Å²) in [6, 6.07) is 14.7. The van der Waals surface area contributed by atoms with E-state index in [4.69, 9.17) is 11.2 Å². The molecule has 0 radical (unpaired) electrons. The molecule has 1 amide bonds. The van der Waals surface area contributed by atoms with E-state index in [1.807, 2.05) is 31.2 Å². The third-order valence-corrected chi connectivity index (χ3v) is 3.16. The van der Waals surface area contributed by atoms with Gasteiger partial charge in [-0.3, -0.25) is 4.79 Å². The second-order valence-corrected chi connectivity index (χ2v) is 5.66. The molecule has 0 unspecified atom stereocenters. The molecule has 22 heavy (non-hydrogen) atoms. The Morgan fingerprint density at radius 2 is 1.55 bits per heavy atom. The van der Waals surface area contributed by atoms with Gasteiger partial charge in [0.15, 0.2) is 0 Å². The van der Waals surface area contributed by atoms with E-state index in [1.165, 1.54) is 5.56 Å². The molecule has 2 rings (SSSR count). The number of benzene rings is 2. The number of aryl methyl sites for hydroxylation is 1. The summed E-state index contributed by atoms with van der Waals surface area (Å²) < 4.78 is 5.73. The fourth-order valence-corrected chi connectivity index (χ4v) is 1.81. The first-order chi connectivity index (χ1) is 10.4. The Labute approximate surface area is 131 Å². The van der Waals surface area contributed by atoms with Gasteiger partial charge in [0, 0.05) is 5.56 Å². The highest BCUT2D eigenvalue weighted by Crippen LogP contribution is 2.22. The van der Waals surface area contributed by atoms with E-state index >= 15 is 0 Å². The Balaban J connectivity index is 2.06. The minimum Gasteiger partial charge on any atom is -0.457 e. The van der Waals surface area contributed by atoms with Crippen molar-refractivity contribution in [3.05, 3.63) is 59.7 Å². The third-order valence-electron chi connectivity index (χ3n) is 3.16. The van der Waals surface area contributed by atoms with Gasteiger partial charge >= 0.3 is 0 Å². The molecule has 0 heterocycles. The fraction of sp³-hybridized carbons (Fsp3) is 0.211. The molecule has 0 saturated carbocycles. The normalized spacial score (nSPS) is 10.6. The zero-order valence-electron chi connectivity index (χ0n) is 13.0. The van der Waals surface area contributed by atoms with Gasteiger partial charge in [0.05, 0.1) is 5.54 Å². The van der Waals surface area contributed by atoms with Gasteiger partial charge in [-0.05, 0) is 57.2 Å². The summed E-state index contributed by atoms with van der Waals surface area (Å²) in [5.41, 5.74) is 1.05. The number of terminal acetylenes is 1. The molecule has 3 heteroatoms. The highest BCUT2D eigenvalue weighted by Gasteiger charge is 2.17. The largest absolute Gasteiger partial charge is 0.457 e. The Morgan fingerprint density at radius 3 is 2.05 bits per heavy atom. The predicted molar refractivity (Wildman–Crippen MR) is 88.1 cm³/mol. The van der Waals surface area contributed by atoms with Crippen LogP contribution < -0.4 is 10.1 Å². The Hall–Kier alpha value is -2.73. The van der Waals surface area contributed by atoms with E-state index in [1.54, 1.807) is 38.1 Å². The van der Waals surface area contributed by atoms with E-state index < -0.39 is 5.54 Å². The highest BCUT2D eigenvalue weighted by molar-refractivity contribution is 5.95. The topological polar surface area (TPSA) is 38.3 Å². The van der Waals surface area contributed by atoms with Crippen LogP contribution in [0.4, 0.5) is 0 Å². The molecule has 2 aromatic rings. The average Bonchev–Trinajstić information content (AvgIpc) is 2.50. The van der Waals surface area contributed by atoms with Gasteiger partial charge in [-0.25, -0.2) is 0 Å². The quantitative estimate of drug-likeness (QED) is 0.867. The van der Waals surface area contributed by atoms with E-state index in [2.05, 4.69) is 11.2 Å². The summed E-state index contributed by atoms with van der Waals surface area (Å²) in [5, 5.41) is 2.78. The van der Waals surface area contributed by atoms with Gasteiger partial charge in [0.1, 0.15) is 11.5 Å². The third kappa shape index (κ3) is 4.13. The molecule has 0 aliphatic heterocycles. The smallest absolute Gasteiger partial charge is 0.252 e. The van der Waals surface area contributed by atoms with Crippen LogP contribution >= 0.6 is 0 Å². The first kappa shape index (κ1) is 15.7. The lowest BCUT2D eigenvalue weighted by molar-refractivity contribution is 0.0930. The fourth-order valence-electron chi connectivity index (χ4n) is 1.81. The minimum absolute atomic E-state index is 0.204. The zero-order valence-corrected chi connectivity index (χ0v) is 13.0. The maximum absolute atomic E-state index is 12.1. The summed E-state index contributed by atoms with van der Waals surface area (Å²) in [6.07, 6.45) is 5.37. The number of nitrogens with one attached hydrogen (secondary N) is 1. The van der Waals surface area contributed by atoms with E-state index in [0.29, 0.717) is 11.3 Å². The van der Waals surface area contributed by atoms with Crippen LogP contribution in [0.1, 0.15) is 29.8 Å². The molecule has 2 aromatic carbocycles. The first-order valence-corrected chi connectivity index (χ1v) is 7.04. The number of carbonyl (C=O) groups excluding carboxylic acids is 1. The van der Waals surface area contributed by atoms with Gasteiger partial charge in [-0.2, -0.15) is 0 Å². The molecule has 0 fully saturated rings. The molecule has 0 aliphatic rings. The molecule has 0 spiro atoms. The standard InChI is InChI=1S/C19H19NO2/c1-5-19(3,4)20-18(21)15-8-12-17(13-9-15)22-16-10-6-14(2)7-11-16/h1,6-13H,2-4H3,(H,20,21). The van der Waals surface area contributed by atoms with Crippen LogP contribution in [0, 0.1) is 19.3 Å². The summed E-state index contributed by atoms with van der Waals surface area (Å²) in [7, 11) is 0. The lowest BCUT2D eigenvalue weighted by atomic mass is 10.1. The highest BCUT2D eigenvalue weighted by atomic mass is 16.5. The van der Waals surface area contributed by atoms with Crippen molar-refractivity contribution in [1.29, 1.82) is 0 Å². The SMILES string of the molecule is C#CC(C)(C)NC(=O)c1ccc(Oc2ccc(C)cc2)cc1. The lowest BCUT2D eigenvalue weighted by Gasteiger charge is -2.19. The molecular formula is C19H19NO2. The summed E-state index contributed by atoms with van der Waals surface area (Å²) >= 11 is 0. The lowest BCUT2D eigenvalue weighted by Crippen LogP contribution is -2.42. The minimum atomic E-state index is -0.672. The van der Waals surface area contributed by atoms with Crippen LogP contribution in [0.25, 0.3) is 0 Å². The van der Waals surface area contributed by atoms with Crippen LogP contribution in [0.15, 0.2) is 48.5 Å². The van der Waals surface area contributed by atoms with Crippen molar-refractivity contribution in [2.24, 2.45) is 0 Å². The van der Waals surface area contributed by atoms with Crippen LogP contribution in [0.2, 0.25) is 0 Å². The molecule has 0 bridgehead atoms. The second kappa shape index (κ2) is 6.36. The van der Waals surface area contributed by atoms with Crippen LogP contribution in [-0.4, -0.2) is 11.4 Å². The van der Waals surface area contributed by atoms with Gasteiger partial charge in [-0.1, -0.05) is 23.6 Å². The van der Waals surface area contributed by atoms with Crippen LogP contribution in [-0.2, 0) is 0 Å². The summed E-state index contributed by atoms with van der Waals surface area (Å²) in [5.74, 6) is 3.77. The number of hydrogen-bond donors (Lipinski definition) is 1. The van der Waals surface area contributed by atoms with Crippen molar-refractivity contribution in [3.8, 4) is 23.8 Å². The van der Waals surface area contributed by atoms with Crippen molar-refractivity contribution in [1.82, 2.24) is 5.32 Å². The number of ether oxygens (including phenoxy) is 1. The van der Waals surface area contributed by atoms with Crippen LogP contribution in [0.5, 0.6) is 11.5 Å². The van der Waals surface area contributed by atoms with Crippen LogP contribution in [0.3, 0.4) is 0 Å². The monoisotopic (exact) mass is 293 g/mol. The molecule has 1 N–H and O–H groups in total. The second-order valence-electron chi connectivity index (χ2n) is 5.66. The maximum atomic E-state index is 12.1. The molecule has 3 nitrogen and oxygen atoms in total. The van der Waals surface area contributed by atoms with Crippen molar-refractivity contribution in [2.75, 3.05) is 0 Å². The first-order valence-electron chi connectivity index (χ1n) is 7.04. The van der Waals surface area contributed by atoms with Crippen molar-refractivity contribution in [2.45, 2.75) is 26.3 Å². The average molecular weight is 293 g/mol. The number of amides is 1. The number of carbonyl (C=O) groups is 1. The molecule has 0 saturated heterocycles. The van der Waals surface area contributed by atoms with E-state index in [0.717, 1.165) is 5.75 Å². The summed E-state index contributed by atoms with van der Waals surface area (Å²) in [4.78, 5) is 12.1. The van der Waals surface area contributed by atoms with E-state index in [9.17, 15) is 4.79 Å².